The van der Waals surface area contributed by atoms with Gasteiger partial charge < -0.3 is 0 Å². The van der Waals surface area contributed by atoms with Crippen molar-refractivity contribution in [1.29, 1.82) is 0 Å². The molecule has 0 saturated heterocycles. The maximum atomic E-state index is 5.29. The second-order valence-electron chi connectivity index (χ2n) is 7.88. The first-order chi connectivity index (χ1) is 10.4. The Hall–Kier alpha value is 0.646. The standard InChI is InChI=1S/C6H10NSSi.3C4H9.Sn/c1-9(2,3)6-7-4-5-8-6;3*1-3-4-2;/h5H,1-3H3;3*1,3-4H2,2H3;. The van der Waals surface area contributed by atoms with Gasteiger partial charge in [0.2, 0.25) is 0 Å². The first-order valence-electron chi connectivity index (χ1n) is 9.36. The van der Waals surface area contributed by atoms with Gasteiger partial charge >= 0.3 is 149 Å². The van der Waals surface area contributed by atoms with Crippen LogP contribution in [0.1, 0.15) is 59.3 Å². The van der Waals surface area contributed by atoms with Crippen LogP contribution >= 0.6 is 11.3 Å². The fourth-order valence-electron chi connectivity index (χ4n) is 3.17. The van der Waals surface area contributed by atoms with Gasteiger partial charge in [-0.15, -0.1) is 0 Å². The Morgan fingerprint density at radius 3 is 1.68 bits per heavy atom. The van der Waals surface area contributed by atoms with Crippen LogP contribution in [0, 0.1) is 0 Å². The van der Waals surface area contributed by atoms with Crippen LogP contribution in [-0.4, -0.2) is 31.4 Å². The molecule has 0 N–H and O–H groups in total. The van der Waals surface area contributed by atoms with Crippen molar-refractivity contribution in [2.45, 2.75) is 92.2 Å². The molecule has 0 unspecified atom stereocenters. The summed E-state index contributed by atoms with van der Waals surface area (Å²) in [5, 5.41) is 2.50. The van der Waals surface area contributed by atoms with Crippen LogP contribution in [0.4, 0.5) is 0 Å². The third kappa shape index (κ3) is 5.93. The third-order valence-corrected chi connectivity index (χ3v) is 24.6. The van der Waals surface area contributed by atoms with E-state index >= 15 is 0 Å². The zero-order chi connectivity index (χ0) is 16.6. The van der Waals surface area contributed by atoms with Gasteiger partial charge in [0.05, 0.1) is 0 Å². The van der Waals surface area contributed by atoms with Gasteiger partial charge in [-0.25, -0.2) is 0 Å². The van der Waals surface area contributed by atoms with E-state index in [9.17, 15) is 0 Å². The van der Waals surface area contributed by atoms with Crippen molar-refractivity contribution < 1.29 is 0 Å². The van der Waals surface area contributed by atoms with Crippen LogP contribution in [-0.2, 0) is 0 Å². The molecule has 0 fully saturated rings. The molecule has 22 heavy (non-hydrogen) atoms. The van der Waals surface area contributed by atoms with E-state index in [1.165, 1.54) is 43.2 Å². The summed E-state index contributed by atoms with van der Waals surface area (Å²) in [5.41, 5.74) is 0. The van der Waals surface area contributed by atoms with Gasteiger partial charge in [-0.2, -0.15) is 0 Å². The average molecular weight is 446 g/mol. The van der Waals surface area contributed by atoms with E-state index in [1.54, 1.807) is 17.0 Å². The number of hydrogen-bond acceptors (Lipinski definition) is 2. The molecule has 1 rings (SSSR count). The van der Waals surface area contributed by atoms with E-state index in [-0.39, 0.29) is 0 Å². The molecule has 0 spiro atoms. The summed E-state index contributed by atoms with van der Waals surface area (Å²) in [6.07, 6.45) is 8.35. The van der Waals surface area contributed by atoms with Gasteiger partial charge in [-0.1, -0.05) is 0 Å². The first-order valence-corrected chi connectivity index (χ1v) is 21.2. The fraction of sp³-hybridized carbons (Fsp3) is 0.833. The van der Waals surface area contributed by atoms with Crippen LogP contribution in [0.2, 0.25) is 33.0 Å². The quantitative estimate of drug-likeness (QED) is 0.395. The van der Waals surface area contributed by atoms with Crippen molar-refractivity contribution >= 4 is 46.1 Å². The van der Waals surface area contributed by atoms with Crippen LogP contribution in [0.3, 0.4) is 0 Å². The molecule has 1 aromatic rings. The van der Waals surface area contributed by atoms with Crippen molar-refractivity contribution in [3.8, 4) is 0 Å². The summed E-state index contributed by atoms with van der Waals surface area (Å²) in [6.45, 7) is 14.4. The van der Waals surface area contributed by atoms with Gasteiger partial charge in [-0.05, 0) is 0 Å². The molecular weight excluding hydrogens is 409 g/mol. The Morgan fingerprint density at radius 1 is 0.909 bits per heavy atom. The molecule has 0 saturated carbocycles. The fourth-order valence-corrected chi connectivity index (χ4v) is 23.2. The number of thiazole rings is 1. The Bertz CT molecular complexity index is 403. The van der Waals surface area contributed by atoms with Gasteiger partial charge in [-0.3, -0.25) is 0 Å². The topological polar surface area (TPSA) is 12.9 Å². The van der Waals surface area contributed by atoms with E-state index in [1.807, 2.05) is 11.3 Å². The van der Waals surface area contributed by atoms with Gasteiger partial charge in [0, 0.05) is 0 Å². The molecular formula is C18H37NSSiSn. The maximum absolute atomic E-state index is 5.29. The Balaban J connectivity index is 3.10. The van der Waals surface area contributed by atoms with Crippen LogP contribution < -0.4 is 8.34 Å². The molecule has 0 aliphatic rings. The number of hydrogen-bond donors (Lipinski definition) is 0. The summed E-state index contributed by atoms with van der Waals surface area (Å²) in [5.74, 6) is 0. The molecule has 1 nitrogen and oxygen atoms in total. The zero-order valence-corrected chi connectivity index (χ0v) is 20.5. The second kappa shape index (κ2) is 9.82. The molecule has 0 aliphatic heterocycles. The third-order valence-electron chi connectivity index (χ3n) is 4.72. The van der Waals surface area contributed by atoms with E-state index in [0.29, 0.717) is 0 Å². The molecule has 0 aliphatic carbocycles. The first kappa shape index (κ1) is 20.7. The Morgan fingerprint density at radius 2 is 1.36 bits per heavy atom. The molecule has 0 aromatic carbocycles. The number of nitrogens with zero attached hydrogens (tertiary/aromatic N) is 1. The van der Waals surface area contributed by atoms with Crippen LogP contribution in [0.5, 0.6) is 0 Å². The monoisotopic (exact) mass is 447 g/mol. The Kier molecular flexibility index (Phi) is 9.24. The normalized spacial score (nSPS) is 12.8. The molecule has 4 heteroatoms. The minimum atomic E-state index is -2.26. The molecule has 128 valence electrons. The molecule has 0 radical (unpaired) electrons. The summed E-state index contributed by atoms with van der Waals surface area (Å²) >= 11 is -0.269. The van der Waals surface area contributed by atoms with Crippen molar-refractivity contribution in [2.75, 3.05) is 0 Å². The summed E-state index contributed by atoms with van der Waals surface area (Å²) in [7, 11) is -1.24. The minimum absolute atomic E-state index is 1.24. The van der Waals surface area contributed by atoms with Crippen molar-refractivity contribution in [1.82, 2.24) is 4.98 Å². The number of rotatable bonds is 11. The predicted molar refractivity (Wildman–Crippen MR) is 110 cm³/mol. The molecule has 0 amide bonds. The average Bonchev–Trinajstić information content (AvgIpc) is 2.97. The van der Waals surface area contributed by atoms with Crippen LogP contribution in [0.25, 0.3) is 0 Å². The van der Waals surface area contributed by atoms with Gasteiger partial charge in [0.1, 0.15) is 0 Å². The number of aromatic nitrogens is 1. The van der Waals surface area contributed by atoms with Crippen molar-refractivity contribution in [3.63, 3.8) is 0 Å². The van der Waals surface area contributed by atoms with Crippen molar-refractivity contribution in [3.05, 3.63) is 5.38 Å². The predicted octanol–water partition coefficient (Wildman–Crippen LogP) is 5.74. The van der Waals surface area contributed by atoms with E-state index in [4.69, 9.17) is 4.98 Å². The Labute approximate surface area is 148 Å². The zero-order valence-electron chi connectivity index (χ0n) is 15.8. The molecule has 1 heterocycles. The second-order valence-corrected chi connectivity index (χ2v) is 27.1. The van der Waals surface area contributed by atoms with E-state index in [2.05, 4.69) is 45.8 Å². The summed E-state index contributed by atoms with van der Waals surface area (Å²) in [6, 6.07) is 0. The molecule has 1 aromatic heterocycles. The summed E-state index contributed by atoms with van der Waals surface area (Å²) < 4.78 is 7.76. The SMILES string of the molecule is CCC[CH2][Sn]([CH2]CCC)([CH2]CCC)[c]1csc([Si](C)(C)C)n1. The van der Waals surface area contributed by atoms with Gasteiger partial charge in [0.25, 0.3) is 0 Å². The molecule has 0 atom stereocenters. The van der Waals surface area contributed by atoms with E-state index < -0.39 is 26.5 Å². The summed E-state index contributed by atoms with van der Waals surface area (Å²) in [4.78, 5) is 5.29. The van der Waals surface area contributed by atoms with Crippen LogP contribution in [0.15, 0.2) is 5.38 Å². The van der Waals surface area contributed by atoms with E-state index in [0.717, 1.165) is 0 Å². The molecule has 0 bridgehead atoms. The van der Waals surface area contributed by atoms with Gasteiger partial charge in [0.15, 0.2) is 0 Å². The van der Waals surface area contributed by atoms with Crippen molar-refractivity contribution in [2.24, 2.45) is 0 Å². The number of unbranched alkanes of at least 4 members (excludes halogenated alkanes) is 3.